The van der Waals surface area contributed by atoms with Crippen molar-refractivity contribution in [2.75, 3.05) is 37.8 Å². The molecular formula is C27H38N6S. The highest BCUT2D eigenvalue weighted by atomic mass is 32.2. The Bertz CT molecular complexity index is 975. The maximum atomic E-state index is 4.60. The van der Waals surface area contributed by atoms with Crippen molar-refractivity contribution in [3.8, 4) is 0 Å². The van der Waals surface area contributed by atoms with E-state index >= 15 is 0 Å². The maximum Gasteiger partial charge on any atom is 0.194 e. The SMILES string of the molecule is C=C/C=C(\NC)Nc1cc(C)nc(Sc2ccc(NC(=C)C3CC3)cc2)n1.CN1CCCCC1. The number of hydrogen-bond donors (Lipinski definition) is 3. The summed E-state index contributed by atoms with van der Waals surface area (Å²) in [5, 5.41) is 10.4. The summed E-state index contributed by atoms with van der Waals surface area (Å²) in [6.07, 6.45) is 10.3. The summed E-state index contributed by atoms with van der Waals surface area (Å²) in [6, 6.07) is 10.2. The van der Waals surface area contributed by atoms with Gasteiger partial charge in [0.2, 0.25) is 0 Å². The van der Waals surface area contributed by atoms with Crippen LogP contribution in [0.15, 0.2) is 77.2 Å². The summed E-state index contributed by atoms with van der Waals surface area (Å²) >= 11 is 1.54. The van der Waals surface area contributed by atoms with E-state index in [1.807, 2.05) is 26.1 Å². The number of piperidine rings is 1. The first-order chi connectivity index (χ1) is 16.5. The molecule has 0 spiro atoms. The number of hydrogen-bond acceptors (Lipinski definition) is 7. The molecule has 1 aliphatic carbocycles. The van der Waals surface area contributed by atoms with Crippen LogP contribution in [0.3, 0.4) is 0 Å². The molecule has 7 heteroatoms. The molecule has 2 aromatic rings. The van der Waals surface area contributed by atoms with Crippen LogP contribution in [0, 0.1) is 12.8 Å². The van der Waals surface area contributed by atoms with E-state index in [1.54, 1.807) is 6.08 Å². The molecule has 0 bridgehead atoms. The molecule has 0 amide bonds. The summed E-state index contributed by atoms with van der Waals surface area (Å²) in [5.74, 6) is 2.21. The first kappa shape index (κ1) is 25.8. The van der Waals surface area contributed by atoms with E-state index in [4.69, 9.17) is 0 Å². The highest BCUT2D eigenvalue weighted by Crippen LogP contribution is 2.36. The van der Waals surface area contributed by atoms with Crippen LogP contribution in [0.5, 0.6) is 0 Å². The standard InChI is InChI=1S/C21H25N5S.C6H13N/c1-5-6-19(22-4)25-20-13-14(2)23-21(26-20)27-18-11-9-17(10-12-18)24-15(3)16-7-8-16;1-7-5-3-2-4-6-7/h5-6,9-13,16,22,24H,1,3,7-8H2,2,4H3,(H,23,25,26);2-6H2,1H3/b19-6+;. The van der Waals surface area contributed by atoms with Gasteiger partial charge in [-0.1, -0.05) is 25.7 Å². The molecular weight excluding hydrogens is 440 g/mol. The normalized spacial score (nSPS) is 16.1. The van der Waals surface area contributed by atoms with Gasteiger partial charge in [-0.05, 0) is 101 Å². The Balaban J connectivity index is 0.000000396. The van der Waals surface area contributed by atoms with Crippen LogP contribution in [0.25, 0.3) is 0 Å². The zero-order valence-corrected chi connectivity index (χ0v) is 21.5. The molecule has 182 valence electrons. The van der Waals surface area contributed by atoms with Gasteiger partial charge in [0.1, 0.15) is 11.6 Å². The van der Waals surface area contributed by atoms with Crippen LogP contribution < -0.4 is 16.0 Å². The van der Waals surface area contributed by atoms with Gasteiger partial charge in [0.25, 0.3) is 0 Å². The lowest BCUT2D eigenvalue weighted by Gasteiger charge is -2.20. The fourth-order valence-corrected chi connectivity index (χ4v) is 4.39. The van der Waals surface area contributed by atoms with Gasteiger partial charge >= 0.3 is 0 Å². The first-order valence-corrected chi connectivity index (χ1v) is 12.8. The lowest BCUT2D eigenvalue weighted by Crippen LogP contribution is -2.24. The predicted octanol–water partition coefficient (Wildman–Crippen LogP) is 6.03. The van der Waals surface area contributed by atoms with Crippen molar-refractivity contribution in [3.63, 3.8) is 0 Å². The van der Waals surface area contributed by atoms with Crippen LogP contribution in [0.1, 0.15) is 37.8 Å². The summed E-state index contributed by atoms with van der Waals surface area (Å²) in [7, 11) is 4.04. The van der Waals surface area contributed by atoms with Crippen molar-refractivity contribution >= 4 is 23.3 Å². The molecule has 2 heterocycles. The second kappa shape index (κ2) is 13.2. The number of aromatic nitrogens is 2. The van der Waals surface area contributed by atoms with Gasteiger partial charge in [-0.15, -0.1) is 0 Å². The van der Waals surface area contributed by atoms with E-state index in [2.05, 4.69) is 75.3 Å². The molecule has 2 aliphatic rings. The molecule has 1 aliphatic heterocycles. The number of rotatable bonds is 9. The van der Waals surface area contributed by atoms with Crippen molar-refractivity contribution in [3.05, 3.63) is 72.9 Å². The predicted molar refractivity (Wildman–Crippen MR) is 145 cm³/mol. The molecule has 1 aromatic carbocycles. The summed E-state index contributed by atoms with van der Waals surface area (Å²) in [6.45, 7) is 12.4. The zero-order chi connectivity index (χ0) is 24.3. The van der Waals surface area contributed by atoms with Gasteiger partial charge in [-0.3, -0.25) is 0 Å². The van der Waals surface area contributed by atoms with E-state index in [0.717, 1.165) is 33.6 Å². The van der Waals surface area contributed by atoms with Crippen molar-refractivity contribution < 1.29 is 0 Å². The van der Waals surface area contributed by atoms with Gasteiger partial charge in [0, 0.05) is 35.1 Å². The minimum absolute atomic E-state index is 0.642. The van der Waals surface area contributed by atoms with Gasteiger partial charge in [0.15, 0.2) is 5.16 Å². The van der Waals surface area contributed by atoms with Crippen molar-refractivity contribution in [1.29, 1.82) is 0 Å². The molecule has 1 saturated carbocycles. The summed E-state index contributed by atoms with van der Waals surface area (Å²) in [5.41, 5.74) is 3.08. The minimum Gasteiger partial charge on any atom is -0.375 e. The largest absolute Gasteiger partial charge is 0.375 e. The molecule has 1 saturated heterocycles. The lowest BCUT2D eigenvalue weighted by atomic mass is 10.1. The van der Waals surface area contributed by atoms with Gasteiger partial charge in [0.05, 0.1) is 0 Å². The van der Waals surface area contributed by atoms with Crippen LogP contribution in [0.2, 0.25) is 0 Å². The minimum atomic E-state index is 0.642. The average molecular weight is 479 g/mol. The van der Waals surface area contributed by atoms with Gasteiger partial charge in [-0.2, -0.15) is 0 Å². The maximum absolute atomic E-state index is 4.60. The number of nitrogens with one attached hydrogen (secondary N) is 3. The molecule has 4 rings (SSSR count). The average Bonchev–Trinajstić information content (AvgIpc) is 3.66. The molecule has 0 atom stereocenters. The fraction of sp³-hybridized carbons (Fsp3) is 0.407. The highest BCUT2D eigenvalue weighted by molar-refractivity contribution is 7.99. The summed E-state index contributed by atoms with van der Waals surface area (Å²) < 4.78 is 0. The Morgan fingerprint density at radius 1 is 1.09 bits per heavy atom. The first-order valence-electron chi connectivity index (χ1n) is 12.0. The quantitative estimate of drug-likeness (QED) is 0.300. The van der Waals surface area contributed by atoms with Crippen LogP contribution in [0.4, 0.5) is 11.5 Å². The van der Waals surface area contributed by atoms with E-state index in [0.29, 0.717) is 11.1 Å². The van der Waals surface area contributed by atoms with Gasteiger partial charge in [-0.25, -0.2) is 9.97 Å². The molecule has 3 N–H and O–H groups in total. The van der Waals surface area contributed by atoms with Gasteiger partial charge < -0.3 is 20.9 Å². The van der Waals surface area contributed by atoms with E-state index in [1.165, 1.54) is 57.0 Å². The third-order valence-corrected chi connectivity index (χ3v) is 6.54. The van der Waals surface area contributed by atoms with Crippen molar-refractivity contribution in [1.82, 2.24) is 20.2 Å². The monoisotopic (exact) mass is 478 g/mol. The number of anilines is 2. The van der Waals surface area contributed by atoms with Crippen LogP contribution in [-0.4, -0.2) is 42.1 Å². The molecule has 0 radical (unpaired) electrons. The number of nitrogens with zero attached hydrogens (tertiary/aromatic N) is 3. The smallest absolute Gasteiger partial charge is 0.194 e. The third-order valence-electron chi connectivity index (χ3n) is 5.67. The fourth-order valence-electron chi connectivity index (χ4n) is 3.58. The number of allylic oxidation sites excluding steroid dienone is 3. The topological polar surface area (TPSA) is 65.1 Å². The highest BCUT2D eigenvalue weighted by Gasteiger charge is 2.24. The Labute approximate surface area is 209 Å². The van der Waals surface area contributed by atoms with Crippen LogP contribution in [-0.2, 0) is 0 Å². The zero-order valence-electron chi connectivity index (χ0n) is 20.7. The number of aryl methyl sites for hydroxylation is 1. The Morgan fingerprint density at radius 2 is 1.79 bits per heavy atom. The van der Waals surface area contributed by atoms with Crippen molar-refractivity contribution in [2.24, 2.45) is 5.92 Å². The summed E-state index contributed by atoms with van der Waals surface area (Å²) in [4.78, 5) is 12.6. The van der Waals surface area contributed by atoms with Crippen LogP contribution >= 0.6 is 11.8 Å². The molecule has 2 fully saturated rings. The van der Waals surface area contributed by atoms with E-state index in [9.17, 15) is 0 Å². The number of likely N-dealkylation sites (tertiary alicyclic amines) is 1. The Morgan fingerprint density at radius 3 is 2.35 bits per heavy atom. The molecule has 0 unspecified atom stereocenters. The Kier molecular flexibility index (Phi) is 10.0. The third kappa shape index (κ3) is 8.88. The lowest BCUT2D eigenvalue weighted by molar-refractivity contribution is 0.277. The number of benzene rings is 1. The van der Waals surface area contributed by atoms with E-state index in [-0.39, 0.29) is 0 Å². The van der Waals surface area contributed by atoms with Crippen molar-refractivity contribution in [2.45, 2.75) is 49.1 Å². The Hall–Kier alpha value is -2.77. The van der Waals surface area contributed by atoms with E-state index < -0.39 is 0 Å². The molecule has 1 aromatic heterocycles. The molecule has 34 heavy (non-hydrogen) atoms. The molecule has 6 nitrogen and oxygen atoms in total. The second-order valence-electron chi connectivity index (χ2n) is 8.78. The second-order valence-corrected chi connectivity index (χ2v) is 9.82.